The lowest BCUT2D eigenvalue weighted by molar-refractivity contribution is 0.226. The summed E-state index contributed by atoms with van der Waals surface area (Å²) in [6.07, 6.45) is 8.89. The van der Waals surface area contributed by atoms with Crippen LogP contribution < -0.4 is 0 Å². The monoisotopic (exact) mass is 344 g/mol. The lowest BCUT2D eigenvalue weighted by Crippen LogP contribution is -2.25. The minimum absolute atomic E-state index is 0.0186. The van der Waals surface area contributed by atoms with Gasteiger partial charge in [-0.2, -0.15) is 0 Å². The van der Waals surface area contributed by atoms with E-state index < -0.39 is 17.5 Å². The van der Waals surface area contributed by atoms with Gasteiger partial charge in [0.25, 0.3) is 0 Å². The first-order chi connectivity index (χ1) is 12.1. The van der Waals surface area contributed by atoms with E-state index in [1.165, 1.54) is 62.4 Å². The maximum absolute atomic E-state index is 15.0. The molecule has 0 radical (unpaired) electrons. The van der Waals surface area contributed by atoms with Crippen LogP contribution in [0.4, 0.5) is 13.2 Å². The molecule has 0 heterocycles. The average Bonchev–Trinajstić information content (AvgIpc) is 2.63. The van der Waals surface area contributed by atoms with E-state index in [0.717, 1.165) is 18.4 Å². The van der Waals surface area contributed by atoms with Gasteiger partial charge in [0.05, 0.1) is 5.56 Å². The van der Waals surface area contributed by atoms with E-state index >= 15 is 4.39 Å². The third-order valence-corrected chi connectivity index (χ3v) is 6.11. The van der Waals surface area contributed by atoms with E-state index in [2.05, 4.69) is 0 Å². The Balaban J connectivity index is 1.66. The number of benzene rings is 2. The summed E-state index contributed by atoms with van der Waals surface area (Å²) in [6.45, 7) is 0. The van der Waals surface area contributed by atoms with Crippen LogP contribution in [0.1, 0.15) is 49.7 Å². The molecule has 1 unspecified atom stereocenters. The van der Waals surface area contributed by atoms with Crippen molar-refractivity contribution in [2.45, 2.75) is 51.4 Å². The molecule has 2 aromatic carbocycles. The largest absolute Gasteiger partial charge is 0.207 e. The number of hydrogen-bond acceptors (Lipinski definition) is 0. The highest BCUT2D eigenvalue weighted by molar-refractivity contribution is 5.67. The molecule has 2 aliphatic rings. The Labute approximate surface area is 147 Å². The molecule has 0 amide bonds. The zero-order chi connectivity index (χ0) is 17.4. The average molecular weight is 344 g/mol. The van der Waals surface area contributed by atoms with Gasteiger partial charge in [-0.3, -0.25) is 0 Å². The van der Waals surface area contributed by atoms with Crippen LogP contribution in [-0.4, -0.2) is 0 Å². The van der Waals surface area contributed by atoms with Gasteiger partial charge >= 0.3 is 0 Å². The first kappa shape index (κ1) is 16.7. The minimum atomic E-state index is -0.535. The summed E-state index contributed by atoms with van der Waals surface area (Å²) in [7, 11) is 0. The number of halogens is 3. The van der Waals surface area contributed by atoms with Crippen molar-refractivity contribution in [2.75, 3.05) is 0 Å². The van der Waals surface area contributed by atoms with Crippen molar-refractivity contribution >= 4 is 0 Å². The molecule has 2 aromatic rings. The van der Waals surface area contributed by atoms with Crippen LogP contribution in [0, 0.1) is 29.3 Å². The summed E-state index contributed by atoms with van der Waals surface area (Å²) in [5.74, 6) is -0.123. The minimum Gasteiger partial charge on any atom is -0.207 e. The zero-order valence-electron chi connectivity index (χ0n) is 14.3. The van der Waals surface area contributed by atoms with Gasteiger partial charge in [-0.05, 0) is 66.0 Å². The lowest BCUT2D eigenvalue weighted by Gasteiger charge is -2.34. The predicted molar refractivity (Wildman–Crippen MR) is 93.8 cm³/mol. The van der Waals surface area contributed by atoms with Crippen molar-refractivity contribution < 1.29 is 13.2 Å². The van der Waals surface area contributed by atoms with E-state index in [-0.39, 0.29) is 5.56 Å². The van der Waals surface area contributed by atoms with Gasteiger partial charge < -0.3 is 0 Å². The van der Waals surface area contributed by atoms with Crippen molar-refractivity contribution in [3.8, 4) is 11.1 Å². The molecule has 0 bridgehead atoms. The van der Waals surface area contributed by atoms with Crippen LogP contribution in [-0.2, 0) is 12.8 Å². The predicted octanol–water partition coefficient (Wildman–Crippen LogP) is 6.46. The van der Waals surface area contributed by atoms with E-state index in [1.54, 1.807) is 0 Å². The summed E-state index contributed by atoms with van der Waals surface area (Å²) >= 11 is 0. The molecular formula is C22H23F3. The van der Waals surface area contributed by atoms with Crippen LogP contribution in [0.25, 0.3) is 11.1 Å². The van der Waals surface area contributed by atoms with Crippen molar-refractivity contribution in [3.05, 3.63) is 58.9 Å². The Kier molecular flexibility index (Phi) is 4.58. The zero-order valence-corrected chi connectivity index (χ0v) is 14.3. The summed E-state index contributed by atoms with van der Waals surface area (Å²) < 4.78 is 42.8. The molecule has 0 nitrogen and oxygen atoms in total. The first-order valence-electron chi connectivity index (χ1n) is 9.39. The van der Waals surface area contributed by atoms with Crippen LogP contribution in [0.2, 0.25) is 0 Å². The molecule has 1 atom stereocenters. The quantitative estimate of drug-likeness (QED) is 0.587. The van der Waals surface area contributed by atoms with Crippen LogP contribution >= 0.6 is 0 Å². The van der Waals surface area contributed by atoms with Crippen molar-refractivity contribution in [3.63, 3.8) is 0 Å². The summed E-state index contributed by atoms with van der Waals surface area (Å²) in [6, 6.07) is 6.89. The van der Waals surface area contributed by atoms with Gasteiger partial charge in [0, 0.05) is 0 Å². The lowest BCUT2D eigenvalue weighted by atomic mass is 9.71. The smallest absolute Gasteiger partial charge is 0.137 e. The third-order valence-electron chi connectivity index (χ3n) is 6.11. The van der Waals surface area contributed by atoms with Crippen molar-refractivity contribution in [1.82, 2.24) is 0 Å². The van der Waals surface area contributed by atoms with Crippen LogP contribution in [0.5, 0.6) is 0 Å². The molecule has 1 saturated carbocycles. The van der Waals surface area contributed by atoms with Gasteiger partial charge in [-0.15, -0.1) is 0 Å². The highest BCUT2D eigenvalue weighted by atomic mass is 19.1. The summed E-state index contributed by atoms with van der Waals surface area (Å²) in [4.78, 5) is 0. The Morgan fingerprint density at radius 3 is 2.24 bits per heavy atom. The molecule has 2 aliphatic carbocycles. The molecule has 132 valence electrons. The molecule has 0 N–H and O–H groups in total. The standard InChI is InChI=1S/C22H23F3/c23-18-9-6-15(7-10-18)21-20(24)13-17-12-16(8-11-19(17)22(21)25)14-4-2-1-3-5-14/h6-7,9-10,13-14,16H,1-5,8,11-12H2. The second kappa shape index (κ2) is 6.86. The first-order valence-corrected chi connectivity index (χ1v) is 9.39. The molecule has 0 aliphatic heterocycles. The Hall–Kier alpha value is -1.77. The highest BCUT2D eigenvalue weighted by Gasteiger charge is 2.30. The fourth-order valence-electron chi connectivity index (χ4n) is 4.76. The second-order valence-corrected chi connectivity index (χ2v) is 7.59. The highest BCUT2D eigenvalue weighted by Crippen LogP contribution is 2.40. The molecule has 0 aromatic heterocycles. The van der Waals surface area contributed by atoms with Gasteiger partial charge in [0.2, 0.25) is 0 Å². The Bertz CT molecular complexity index is 758. The summed E-state index contributed by atoms with van der Waals surface area (Å²) in [5.41, 5.74) is 1.87. The van der Waals surface area contributed by atoms with Crippen LogP contribution in [0.3, 0.4) is 0 Å². The molecular weight excluding hydrogens is 321 g/mol. The SMILES string of the molecule is Fc1ccc(-c2c(F)cc3c(c2F)CCC(C2CCCCC2)C3)cc1. The number of hydrogen-bond donors (Lipinski definition) is 0. The number of rotatable bonds is 2. The van der Waals surface area contributed by atoms with Gasteiger partial charge in [0.15, 0.2) is 0 Å². The second-order valence-electron chi connectivity index (χ2n) is 7.59. The topological polar surface area (TPSA) is 0 Å². The van der Waals surface area contributed by atoms with Gasteiger partial charge in [-0.1, -0.05) is 44.2 Å². The molecule has 0 spiro atoms. The van der Waals surface area contributed by atoms with Gasteiger partial charge in [-0.25, -0.2) is 13.2 Å². The Morgan fingerprint density at radius 2 is 1.52 bits per heavy atom. The van der Waals surface area contributed by atoms with Gasteiger partial charge in [0.1, 0.15) is 17.5 Å². The van der Waals surface area contributed by atoms with E-state index in [4.69, 9.17) is 0 Å². The van der Waals surface area contributed by atoms with E-state index in [1.807, 2.05) is 0 Å². The van der Waals surface area contributed by atoms with E-state index in [0.29, 0.717) is 29.4 Å². The Morgan fingerprint density at radius 1 is 0.800 bits per heavy atom. The maximum Gasteiger partial charge on any atom is 0.137 e. The fourth-order valence-corrected chi connectivity index (χ4v) is 4.76. The number of fused-ring (bicyclic) bond motifs is 1. The molecule has 25 heavy (non-hydrogen) atoms. The molecule has 4 rings (SSSR count). The summed E-state index contributed by atoms with van der Waals surface area (Å²) in [5, 5.41) is 0. The molecule has 1 fully saturated rings. The fraction of sp³-hybridized carbons (Fsp3) is 0.455. The third kappa shape index (κ3) is 3.21. The molecule has 3 heteroatoms. The van der Waals surface area contributed by atoms with E-state index in [9.17, 15) is 8.78 Å². The normalized spacial score (nSPS) is 21.2. The van der Waals surface area contributed by atoms with Crippen molar-refractivity contribution in [1.29, 1.82) is 0 Å². The maximum atomic E-state index is 15.0. The van der Waals surface area contributed by atoms with Crippen molar-refractivity contribution in [2.24, 2.45) is 11.8 Å². The van der Waals surface area contributed by atoms with Crippen LogP contribution in [0.15, 0.2) is 30.3 Å². The molecule has 0 saturated heterocycles.